The summed E-state index contributed by atoms with van der Waals surface area (Å²) in [4.78, 5) is 0. The Balaban J connectivity index is 2.05. The van der Waals surface area contributed by atoms with E-state index >= 15 is 0 Å². The number of rotatable bonds is 2. The van der Waals surface area contributed by atoms with Crippen LogP contribution in [0, 0.1) is 5.92 Å². The fraction of sp³-hybridized carbons (Fsp3) is 0.600. The lowest BCUT2D eigenvalue weighted by atomic mass is 9.93. The lowest BCUT2D eigenvalue weighted by Gasteiger charge is -2.22. The molecule has 0 amide bonds. The second kappa shape index (κ2) is 5.10. The fourth-order valence-corrected chi connectivity index (χ4v) is 2.28. The summed E-state index contributed by atoms with van der Waals surface area (Å²) in [5, 5.41) is 11.8. The van der Waals surface area contributed by atoms with E-state index in [1.54, 1.807) is 0 Å². The predicted octanol–water partition coefficient (Wildman–Crippen LogP) is 2.33. The van der Waals surface area contributed by atoms with Gasteiger partial charge in [0.1, 0.15) is 0 Å². The van der Waals surface area contributed by atoms with Gasteiger partial charge in [-0.3, -0.25) is 0 Å². The Morgan fingerprint density at radius 3 is 3.00 bits per heavy atom. The maximum atomic E-state index is 5.96. The molecule has 1 atom stereocenters. The van der Waals surface area contributed by atoms with E-state index in [0.29, 0.717) is 16.2 Å². The van der Waals surface area contributed by atoms with Crippen LogP contribution in [0.3, 0.4) is 0 Å². The molecule has 1 saturated heterocycles. The quantitative estimate of drug-likeness (QED) is 0.870. The summed E-state index contributed by atoms with van der Waals surface area (Å²) < 4.78 is 0. The van der Waals surface area contributed by atoms with Gasteiger partial charge in [0.05, 0.1) is 0 Å². The number of nitrogens with one attached hydrogen (secondary N) is 1. The zero-order valence-corrected chi connectivity index (χ0v) is 9.85. The third-order valence-corrected chi connectivity index (χ3v) is 3.20. The van der Waals surface area contributed by atoms with Crippen molar-refractivity contribution in [3.8, 4) is 0 Å². The minimum Gasteiger partial charge on any atom is -0.316 e. The van der Waals surface area contributed by atoms with Crippen molar-refractivity contribution in [2.75, 3.05) is 13.1 Å². The molecule has 0 aliphatic carbocycles. The summed E-state index contributed by atoms with van der Waals surface area (Å²) in [6, 6.07) is 1.81. The second-order valence-electron chi connectivity index (χ2n) is 3.90. The first-order valence-electron chi connectivity index (χ1n) is 5.14. The number of hydrogen-bond acceptors (Lipinski definition) is 3. The summed E-state index contributed by atoms with van der Waals surface area (Å²) in [5.41, 5.74) is 1.00. The number of halogens is 2. The Kier molecular flexibility index (Phi) is 3.78. The van der Waals surface area contributed by atoms with Crippen molar-refractivity contribution >= 4 is 23.2 Å². The van der Waals surface area contributed by atoms with Crippen molar-refractivity contribution in [3.63, 3.8) is 0 Å². The van der Waals surface area contributed by atoms with Crippen molar-refractivity contribution in [1.82, 2.24) is 15.5 Å². The summed E-state index contributed by atoms with van der Waals surface area (Å²) in [5.74, 6) is 0.636. The van der Waals surface area contributed by atoms with E-state index in [9.17, 15) is 0 Å². The molecule has 15 heavy (non-hydrogen) atoms. The van der Waals surface area contributed by atoms with Crippen LogP contribution in [0.25, 0.3) is 0 Å². The van der Waals surface area contributed by atoms with Gasteiger partial charge in [0, 0.05) is 0 Å². The van der Waals surface area contributed by atoms with E-state index in [1.165, 1.54) is 12.8 Å². The molecule has 3 nitrogen and oxygen atoms in total. The molecule has 1 aliphatic rings. The third kappa shape index (κ3) is 3.03. The maximum absolute atomic E-state index is 5.96. The van der Waals surface area contributed by atoms with Crippen LogP contribution in [-0.2, 0) is 6.42 Å². The molecule has 0 saturated carbocycles. The Morgan fingerprint density at radius 2 is 2.27 bits per heavy atom. The van der Waals surface area contributed by atoms with Crippen molar-refractivity contribution < 1.29 is 0 Å². The molecule has 1 aromatic rings. The molecule has 0 spiro atoms. The summed E-state index contributed by atoms with van der Waals surface area (Å²) in [6.45, 7) is 2.18. The van der Waals surface area contributed by atoms with Crippen LogP contribution < -0.4 is 5.32 Å². The van der Waals surface area contributed by atoms with Crippen molar-refractivity contribution in [1.29, 1.82) is 0 Å². The van der Waals surface area contributed by atoms with Gasteiger partial charge in [0.25, 0.3) is 0 Å². The van der Waals surface area contributed by atoms with E-state index < -0.39 is 0 Å². The molecule has 1 aliphatic heterocycles. The van der Waals surface area contributed by atoms with Gasteiger partial charge in [0.15, 0.2) is 10.3 Å². The van der Waals surface area contributed by atoms with Gasteiger partial charge in [-0.15, -0.1) is 10.2 Å². The van der Waals surface area contributed by atoms with E-state index in [2.05, 4.69) is 15.5 Å². The topological polar surface area (TPSA) is 37.8 Å². The molecular weight excluding hydrogens is 233 g/mol. The third-order valence-electron chi connectivity index (χ3n) is 2.70. The predicted molar refractivity (Wildman–Crippen MR) is 61.3 cm³/mol. The Labute approximate surface area is 99.2 Å². The highest BCUT2D eigenvalue weighted by atomic mass is 35.5. The summed E-state index contributed by atoms with van der Waals surface area (Å²) in [7, 11) is 0. The number of hydrogen-bond donors (Lipinski definition) is 1. The minimum atomic E-state index is 0.415. The minimum absolute atomic E-state index is 0.415. The highest BCUT2D eigenvalue weighted by Gasteiger charge is 2.15. The molecule has 2 rings (SSSR count). The van der Waals surface area contributed by atoms with Crippen LogP contribution in [-0.4, -0.2) is 23.3 Å². The smallest absolute Gasteiger partial charge is 0.155 e. The molecule has 0 radical (unpaired) electrons. The molecule has 0 bridgehead atoms. The highest BCUT2D eigenvalue weighted by molar-refractivity contribution is 6.31. The summed E-state index contributed by atoms with van der Waals surface area (Å²) >= 11 is 11.7. The van der Waals surface area contributed by atoms with Gasteiger partial charge in [0.2, 0.25) is 0 Å². The monoisotopic (exact) mass is 245 g/mol. The van der Waals surface area contributed by atoms with Gasteiger partial charge < -0.3 is 5.32 Å². The van der Waals surface area contributed by atoms with Crippen molar-refractivity contribution in [2.45, 2.75) is 19.3 Å². The average molecular weight is 246 g/mol. The van der Waals surface area contributed by atoms with Gasteiger partial charge in [-0.25, -0.2) is 0 Å². The molecule has 82 valence electrons. The van der Waals surface area contributed by atoms with Gasteiger partial charge >= 0.3 is 0 Å². The number of aromatic nitrogens is 2. The van der Waals surface area contributed by atoms with Crippen LogP contribution in [0.15, 0.2) is 6.07 Å². The number of piperidine rings is 1. The molecule has 1 fully saturated rings. The zero-order chi connectivity index (χ0) is 10.7. The van der Waals surface area contributed by atoms with Crippen molar-refractivity contribution in [3.05, 3.63) is 21.9 Å². The van der Waals surface area contributed by atoms with Gasteiger partial charge in [-0.05, 0) is 49.9 Å². The molecule has 2 heterocycles. The summed E-state index contributed by atoms with van der Waals surface area (Å²) in [6.07, 6.45) is 3.40. The molecule has 1 unspecified atom stereocenters. The highest BCUT2D eigenvalue weighted by Crippen LogP contribution is 2.22. The van der Waals surface area contributed by atoms with Crippen LogP contribution in [0.2, 0.25) is 10.3 Å². The Bertz CT molecular complexity index is 337. The van der Waals surface area contributed by atoms with Crippen LogP contribution in [0.5, 0.6) is 0 Å². The maximum Gasteiger partial charge on any atom is 0.155 e. The molecule has 1 N–H and O–H groups in total. The van der Waals surface area contributed by atoms with Crippen LogP contribution in [0.4, 0.5) is 0 Å². The van der Waals surface area contributed by atoms with E-state index in [0.717, 1.165) is 25.1 Å². The van der Waals surface area contributed by atoms with Gasteiger partial charge in [-0.1, -0.05) is 23.2 Å². The SMILES string of the molecule is Clc1cc(CC2CCCNC2)c(Cl)nn1. The van der Waals surface area contributed by atoms with Crippen LogP contribution >= 0.6 is 23.2 Å². The molecule has 1 aromatic heterocycles. The zero-order valence-electron chi connectivity index (χ0n) is 8.34. The first kappa shape index (κ1) is 11.1. The molecular formula is C10H13Cl2N3. The molecule has 5 heteroatoms. The average Bonchev–Trinajstić information content (AvgIpc) is 2.25. The lowest BCUT2D eigenvalue weighted by Crippen LogP contribution is -2.30. The lowest BCUT2D eigenvalue weighted by molar-refractivity contribution is 0.376. The second-order valence-corrected chi connectivity index (χ2v) is 4.64. The standard InChI is InChI=1S/C10H13Cl2N3/c11-9-5-8(10(12)15-14-9)4-7-2-1-3-13-6-7/h5,7,13H,1-4,6H2. The molecule has 0 aromatic carbocycles. The Hall–Kier alpha value is -0.380. The first-order chi connectivity index (χ1) is 7.25. The van der Waals surface area contributed by atoms with Crippen LogP contribution in [0.1, 0.15) is 18.4 Å². The normalized spacial score (nSPS) is 21.6. The first-order valence-corrected chi connectivity index (χ1v) is 5.89. The van der Waals surface area contributed by atoms with Crippen molar-refractivity contribution in [2.24, 2.45) is 5.92 Å². The number of nitrogens with zero attached hydrogens (tertiary/aromatic N) is 2. The van der Waals surface area contributed by atoms with E-state index in [1.807, 2.05) is 6.07 Å². The van der Waals surface area contributed by atoms with E-state index in [-0.39, 0.29) is 0 Å². The largest absolute Gasteiger partial charge is 0.316 e. The Morgan fingerprint density at radius 1 is 1.40 bits per heavy atom. The van der Waals surface area contributed by atoms with Gasteiger partial charge in [-0.2, -0.15) is 0 Å². The fourth-order valence-electron chi connectivity index (χ4n) is 1.94. The van der Waals surface area contributed by atoms with E-state index in [4.69, 9.17) is 23.2 Å².